The van der Waals surface area contributed by atoms with Crippen LogP contribution in [0.3, 0.4) is 0 Å². The third-order valence-corrected chi connectivity index (χ3v) is 4.01. The number of phenols is 1. The fourth-order valence-corrected chi connectivity index (χ4v) is 2.80. The topological polar surface area (TPSA) is 38.7 Å². The molecule has 0 radical (unpaired) electrons. The molecule has 1 N–H and O–H groups in total. The van der Waals surface area contributed by atoms with Crippen molar-refractivity contribution in [2.75, 3.05) is 13.7 Å². The highest BCUT2D eigenvalue weighted by molar-refractivity contribution is 5.41. The molecular weight excluding hydrogens is 240 g/mol. The van der Waals surface area contributed by atoms with E-state index in [0.29, 0.717) is 18.3 Å². The molecule has 0 aromatic heterocycles. The van der Waals surface area contributed by atoms with Crippen LogP contribution in [-0.2, 0) is 22.3 Å². The number of methoxy groups -OCH3 is 1. The minimum absolute atomic E-state index is 0.143. The van der Waals surface area contributed by atoms with Crippen molar-refractivity contribution in [1.82, 2.24) is 0 Å². The Labute approximate surface area is 115 Å². The number of phenolic OH excluding ortho intramolecular Hbond substituents is 1. The molecule has 1 aliphatic rings. The van der Waals surface area contributed by atoms with Gasteiger partial charge in [-0.1, -0.05) is 26.0 Å². The van der Waals surface area contributed by atoms with Gasteiger partial charge in [-0.3, -0.25) is 0 Å². The molecule has 0 heterocycles. The second kappa shape index (κ2) is 6.40. The van der Waals surface area contributed by atoms with Crippen LogP contribution in [0.2, 0.25) is 0 Å². The van der Waals surface area contributed by atoms with Gasteiger partial charge in [0.25, 0.3) is 0 Å². The van der Waals surface area contributed by atoms with Gasteiger partial charge >= 0.3 is 0 Å². The van der Waals surface area contributed by atoms with E-state index in [9.17, 15) is 5.11 Å². The van der Waals surface area contributed by atoms with Crippen LogP contribution in [0.5, 0.6) is 5.75 Å². The Morgan fingerprint density at radius 2 is 2.16 bits per heavy atom. The Morgan fingerprint density at radius 1 is 1.37 bits per heavy atom. The lowest BCUT2D eigenvalue weighted by molar-refractivity contribution is -0.0719. The van der Waals surface area contributed by atoms with Gasteiger partial charge in [-0.05, 0) is 36.0 Å². The van der Waals surface area contributed by atoms with E-state index in [4.69, 9.17) is 9.47 Å². The van der Waals surface area contributed by atoms with E-state index in [-0.39, 0.29) is 12.2 Å². The number of hydrogen-bond donors (Lipinski definition) is 1. The normalized spacial score (nSPS) is 23.9. The maximum Gasteiger partial charge on any atom is 0.119 e. The van der Waals surface area contributed by atoms with Gasteiger partial charge in [0.15, 0.2) is 0 Å². The first-order valence-corrected chi connectivity index (χ1v) is 7.09. The van der Waals surface area contributed by atoms with E-state index in [0.717, 1.165) is 24.8 Å². The molecule has 0 saturated heterocycles. The molecule has 2 rings (SSSR count). The first-order valence-electron chi connectivity index (χ1n) is 7.09. The summed E-state index contributed by atoms with van der Waals surface area (Å²) in [5, 5.41) is 9.97. The standard InChI is InChI=1S/C16H24O3/c1-4-13(10-18-3)19-16-9-14-12(8-11(16)2)6-5-7-15(14)17/h5-7,11,13,16-17H,4,8-10H2,1-3H3/t11?,13-,16-/m1/s1. The smallest absolute Gasteiger partial charge is 0.119 e. The predicted molar refractivity (Wildman–Crippen MR) is 75.5 cm³/mol. The Balaban J connectivity index is 2.10. The largest absolute Gasteiger partial charge is 0.508 e. The van der Waals surface area contributed by atoms with Crippen molar-refractivity contribution >= 4 is 0 Å². The van der Waals surface area contributed by atoms with Crippen molar-refractivity contribution in [3.63, 3.8) is 0 Å². The molecule has 3 nitrogen and oxygen atoms in total. The zero-order valence-electron chi connectivity index (χ0n) is 12.1. The van der Waals surface area contributed by atoms with E-state index >= 15 is 0 Å². The monoisotopic (exact) mass is 264 g/mol. The van der Waals surface area contributed by atoms with Gasteiger partial charge in [0, 0.05) is 13.5 Å². The molecule has 0 fully saturated rings. The molecule has 1 aromatic carbocycles. The minimum Gasteiger partial charge on any atom is -0.508 e. The summed E-state index contributed by atoms with van der Waals surface area (Å²) >= 11 is 0. The second-order valence-corrected chi connectivity index (χ2v) is 5.46. The molecule has 0 bridgehead atoms. The number of aromatic hydroxyl groups is 1. The second-order valence-electron chi connectivity index (χ2n) is 5.46. The molecule has 0 saturated carbocycles. The fraction of sp³-hybridized carbons (Fsp3) is 0.625. The summed E-state index contributed by atoms with van der Waals surface area (Å²) in [6.07, 6.45) is 3.03. The van der Waals surface area contributed by atoms with E-state index < -0.39 is 0 Å². The zero-order chi connectivity index (χ0) is 13.8. The maximum atomic E-state index is 9.97. The SMILES string of the molecule is CC[C@H](COC)O[C@@H]1Cc2c(O)cccc2CC1C. The summed E-state index contributed by atoms with van der Waals surface area (Å²) in [5.74, 6) is 0.873. The van der Waals surface area contributed by atoms with Crippen LogP contribution in [0.1, 0.15) is 31.4 Å². The number of rotatable bonds is 5. The zero-order valence-corrected chi connectivity index (χ0v) is 12.1. The molecule has 1 unspecified atom stereocenters. The number of hydrogen-bond acceptors (Lipinski definition) is 3. The lowest BCUT2D eigenvalue weighted by atomic mass is 9.82. The first-order chi connectivity index (χ1) is 9.15. The average molecular weight is 264 g/mol. The Kier molecular flexibility index (Phi) is 4.83. The lowest BCUT2D eigenvalue weighted by Gasteiger charge is -2.33. The van der Waals surface area contributed by atoms with Gasteiger partial charge in [0.05, 0.1) is 18.8 Å². The van der Waals surface area contributed by atoms with E-state index in [1.165, 1.54) is 5.56 Å². The van der Waals surface area contributed by atoms with Crippen LogP contribution in [0.15, 0.2) is 18.2 Å². The van der Waals surface area contributed by atoms with Crippen molar-refractivity contribution in [2.24, 2.45) is 5.92 Å². The summed E-state index contributed by atoms with van der Waals surface area (Å²) in [5.41, 5.74) is 2.31. The van der Waals surface area contributed by atoms with Crippen LogP contribution in [0.25, 0.3) is 0 Å². The predicted octanol–water partition coefficient (Wildman–Crippen LogP) is 2.94. The molecule has 0 amide bonds. The minimum atomic E-state index is 0.143. The lowest BCUT2D eigenvalue weighted by Crippen LogP contribution is -2.35. The molecule has 1 aromatic rings. The van der Waals surface area contributed by atoms with E-state index in [1.807, 2.05) is 6.07 Å². The summed E-state index contributed by atoms with van der Waals surface area (Å²) in [7, 11) is 1.71. The van der Waals surface area contributed by atoms with Gasteiger partial charge in [-0.15, -0.1) is 0 Å². The quantitative estimate of drug-likeness (QED) is 0.888. The summed E-state index contributed by atoms with van der Waals surface area (Å²) in [6.45, 7) is 4.97. The maximum absolute atomic E-state index is 9.97. The molecular formula is C16H24O3. The summed E-state index contributed by atoms with van der Waals surface area (Å²) in [4.78, 5) is 0. The Hall–Kier alpha value is -1.06. The molecule has 0 aliphatic heterocycles. The van der Waals surface area contributed by atoms with Crippen molar-refractivity contribution in [1.29, 1.82) is 0 Å². The van der Waals surface area contributed by atoms with Gasteiger partial charge < -0.3 is 14.6 Å². The molecule has 1 aliphatic carbocycles. The van der Waals surface area contributed by atoms with Gasteiger partial charge in [0.1, 0.15) is 5.75 Å². The Bertz CT molecular complexity index is 416. The summed E-state index contributed by atoms with van der Waals surface area (Å²) in [6, 6.07) is 5.79. The first kappa shape index (κ1) is 14.4. The van der Waals surface area contributed by atoms with Crippen molar-refractivity contribution in [3.8, 4) is 5.75 Å². The number of fused-ring (bicyclic) bond motifs is 1. The Morgan fingerprint density at radius 3 is 2.84 bits per heavy atom. The molecule has 3 heteroatoms. The van der Waals surface area contributed by atoms with Gasteiger partial charge in [-0.2, -0.15) is 0 Å². The number of benzene rings is 1. The van der Waals surface area contributed by atoms with Crippen LogP contribution in [0.4, 0.5) is 0 Å². The molecule has 0 spiro atoms. The van der Waals surface area contributed by atoms with E-state index in [2.05, 4.69) is 19.9 Å². The molecule has 106 valence electrons. The fourth-order valence-electron chi connectivity index (χ4n) is 2.80. The highest BCUT2D eigenvalue weighted by Gasteiger charge is 2.29. The van der Waals surface area contributed by atoms with Crippen LogP contribution in [0, 0.1) is 5.92 Å². The average Bonchev–Trinajstić information content (AvgIpc) is 2.40. The molecule has 19 heavy (non-hydrogen) atoms. The van der Waals surface area contributed by atoms with Crippen LogP contribution in [-0.4, -0.2) is 31.0 Å². The van der Waals surface area contributed by atoms with Crippen molar-refractivity contribution < 1.29 is 14.6 Å². The van der Waals surface area contributed by atoms with Crippen molar-refractivity contribution in [2.45, 2.75) is 45.3 Å². The van der Waals surface area contributed by atoms with Crippen LogP contribution >= 0.6 is 0 Å². The third kappa shape index (κ3) is 3.28. The third-order valence-electron chi connectivity index (χ3n) is 4.01. The van der Waals surface area contributed by atoms with E-state index in [1.54, 1.807) is 13.2 Å². The van der Waals surface area contributed by atoms with Gasteiger partial charge in [0.2, 0.25) is 0 Å². The van der Waals surface area contributed by atoms with Gasteiger partial charge in [-0.25, -0.2) is 0 Å². The molecule has 3 atom stereocenters. The number of ether oxygens (including phenoxy) is 2. The summed E-state index contributed by atoms with van der Waals surface area (Å²) < 4.78 is 11.4. The highest BCUT2D eigenvalue weighted by atomic mass is 16.5. The highest BCUT2D eigenvalue weighted by Crippen LogP contribution is 2.33. The van der Waals surface area contributed by atoms with Crippen LogP contribution < -0.4 is 0 Å². The van der Waals surface area contributed by atoms with Crippen molar-refractivity contribution in [3.05, 3.63) is 29.3 Å².